The molecule has 0 saturated heterocycles. The fourth-order valence-corrected chi connectivity index (χ4v) is 2.59. The number of carbonyl (C=O) groups excluding carboxylic acids is 1. The quantitative estimate of drug-likeness (QED) is 0.393. The second kappa shape index (κ2) is 8.13. The molecule has 0 bridgehead atoms. The summed E-state index contributed by atoms with van der Waals surface area (Å²) in [7, 11) is 1.54. The van der Waals surface area contributed by atoms with E-state index in [4.69, 9.17) is 4.74 Å². The molecule has 0 fully saturated rings. The Morgan fingerprint density at radius 2 is 2.00 bits per heavy atom. The highest BCUT2D eigenvalue weighted by Crippen LogP contribution is 2.25. The van der Waals surface area contributed by atoms with Crippen molar-refractivity contribution in [1.29, 1.82) is 5.26 Å². The predicted molar refractivity (Wildman–Crippen MR) is 102 cm³/mol. The van der Waals surface area contributed by atoms with E-state index in [1.54, 1.807) is 24.3 Å². The van der Waals surface area contributed by atoms with Gasteiger partial charge in [-0.2, -0.15) is 5.26 Å². The maximum atomic E-state index is 12.3. The molecule has 0 spiro atoms. The largest absolute Gasteiger partial charge is 0.496 e. The molecule has 4 nitrogen and oxygen atoms in total. The average molecular weight is 483 g/mol. The number of methoxy groups -OCH3 is 1. The summed E-state index contributed by atoms with van der Waals surface area (Å²) in [5.74, 6) is 0.124. The monoisotopic (exact) mass is 482 g/mol. The lowest BCUT2D eigenvalue weighted by Gasteiger charge is -2.07. The summed E-state index contributed by atoms with van der Waals surface area (Å²) in [6.45, 7) is 0. The fourth-order valence-electron chi connectivity index (χ4n) is 1.85. The molecule has 0 radical (unpaired) electrons. The molecule has 6 heteroatoms. The van der Waals surface area contributed by atoms with E-state index in [1.807, 2.05) is 24.3 Å². The second-order valence-electron chi connectivity index (χ2n) is 4.52. The van der Waals surface area contributed by atoms with Crippen LogP contribution in [0.15, 0.2) is 52.5 Å². The van der Waals surface area contributed by atoms with Gasteiger partial charge in [0.05, 0.1) is 7.11 Å². The van der Waals surface area contributed by atoms with Gasteiger partial charge in [0.15, 0.2) is 0 Å². The number of hydrogen-bond donors (Lipinski definition) is 1. The molecular formula is C17H12BrIN2O2. The molecule has 0 aliphatic carbocycles. The number of carbonyl (C=O) groups is 1. The van der Waals surface area contributed by atoms with Crippen molar-refractivity contribution < 1.29 is 9.53 Å². The first-order chi connectivity index (χ1) is 11.0. The van der Waals surface area contributed by atoms with E-state index >= 15 is 0 Å². The van der Waals surface area contributed by atoms with Crippen LogP contribution in [-0.4, -0.2) is 13.0 Å². The van der Waals surface area contributed by atoms with E-state index in [-0.39, 0.29) is 5.57 Å². The second-order valence-corrected chi connectivity index (χ2v) is 6.68. The van der Waals surface area contributed by atoms with Crippen LogP contribution in [0.1, 0.15) is 5.56 Å². The van der Waals surface area contributed by atoms with Gasteiger partial charge < -0.3 is 10.1 Å². The molecule has 0 aromatic heterocycles. The van der Waals surface area contributed by atoms with E-state index in [1.165, 1.54) is 13.2 Å². The number of anilines is 1. The van der Waals surface area contributed by atoms with Gasteiger partial charge in [-0.1, -0.05) is 15.9 Å². The van der Waals surface area contributed by atoms with Crippen LogP contribution < -0.4 is 10.1 Å². The van der Waals surface area contributed by atoms with Gasteiger partial charge in [0.2, 0.25) is 0 Å². The number of hydrogen-bond acceptors (Lipinski definition) is 3. The summed E-state index contributed by atoms with van der Waals surface area (Å²) < 4.78 is 7.15. The summed E-state index contributed by atoms with van der Waals surface area (Å²) >= 11 is 5.55. The van der Waals surface area contributed by atoms with E-state index < -0.39 is 5.91 Å². The number of nitrogens with zero attached hydrogens (tertiary/aromatic N) is 1. The van der Waals surface area contributed by atoms with Gasteiger partial charge in [-0.3, -0.25) is 4.79 Å². The van der Waals surface area contributed by atoms with Crippen molar-refractivity contribution in [3.63, 3.8) is 0 Å². The Balaban J connectivity index is 2.28. The Morgan fingerprint density at radius 3 is 2.61 bits per heavy atom. The molecule has 2 rings (SSSR count). The Kier molecular flexibility index (Phi) is 6.19. The SMILES string of the molecule is COc1ccc(Br)cc1/C=C(/C#N)C(=O)Nc1ccc(I)cc1. The molecule has 0 unspecified atom stereocenters. The van der Waals surface area contributed by atoms with Gasteiger partial charge in [-0.05, 0) is 71.1 Å². The molecule has 0 heterocycles. The number of nitrogens with one attached hydrogen (secondary N) is 1. The zero-order chi connectivity index (χ0) is 16.8. The molecule has 23 heavy (non-hydrogen) atoms. The maximum absolute atomic E-state index is 12.3. The Morgan fingerprint density at radius 1 is 1.30 bits per heavy atom. The lowest BCUT2D eigenvalue weighted by Crippen LogP contribution is -2.13. The van der Waals surface area contributed by atoms with Crippen molar-refractivity contribution in [2.45, 2.75) is 0 Å². The van der Waals surface area contributed by atoms with Crippen LogP contribution in [0.3, 0.4) is 0 Å². The zero-order valence-electron chi connectivity index (χ0n) is 12.1. The third-order valence-electron chi connectivity index (χ3n) is 2.96. The third-order valence-corrected chi connectivity index (χ3v) is 4.17. The van der Waals surface area contributed by atoms with E-state index in [0.29, 0.717) is 17.0 Å². The summed E-state index contributed by atoms with van der Waals surface area (Å²) in [5.41, 5.74) is 1.29. The molecule has 116 valence electrons. The smallest absolute Gasteiger partial charge is 0.266 e. The lowest BCUT2D eigenvalue weighted by atomic mass is 10.1. The van der Waals surface area contributed by atoms with Crippen molar-refractivity contribution in [1.82, 2.24) is 0 Å². The predicted octanol–water partition coefficient (Wildman–Crippen LogP) is 4.61. The first kappa shape index (κ1) is 17.5. The Bertz CT molecular complexity index is 795. The highest BCUT2D eigenvalue weighted by Gasteiger charge is 2.11. The van der Waals surface area contributed by atoms with Gasteiger partial charge in [0, 0.05) is 19.3 Å². The minimum Gasteiger partial charge on any atom is -0.496 e. The van der Waals surface area contributed by atoms with E-state index in [0.717, 1.165) is 8.04 Å². The highest BCUT2D eigenvalue weighted by atomic mass is 127. The molecule has 1 amide bonds. The van der Waals surface area contributed by atoms with Gasteiger partial charge in [0.1, 0.15) is 17.4 Å². The first-order valence-corrected chi connectivity index (χ1v) is 8.43. The summed E-state index contributed by atoms with van der Waals surface area (Å²) in [6.07, 6.45) is 1.51. The third kappa shape index (κ3) is 4.81. The first-order valence-electron chi connectivity index (χ1n) is 6.55. The Hall–Kier alpha value is -1.85. The fraction of sp³-hybridized carbons (Fsp3) is 0.0588. The lowest BCUT2D eigenvalue weighted by molar-refractivity contribution is -0.112. The van der Waals surface area contributed by atoms with Crippen LogP contribution in [0.5, 0.6) is 5.75 Å². The van der Waals surface area contributed by atoms with Crippen molar-refractivity contribution >= 4 is 56.2 Å². The van der Waals surface area contributed by atoms with Gasteiger partial charge in [0.25, 0.3) is 5.91 Å². The number of amides is 1. The topological polar surface area (TPSA) is 62.1 Å². The van der Waals surface area contributed by atoms with Gasteiger partial charge in [-0.25, -0.2) is 0 Å². The molecule has 0 saturated carbocycles. The molecular weight excluding hydrogens is 471 g/mol. The molecule has 1 N–H and O–H groups in total. The van der Waals surface area contributed by atoms with Crippen molar-refractivity contribution in [2.24, 2.45) is 0 Å². The van der Waals surface area contributed by atoms with Crippen LogP contribution in [0.4, 0.5) is 5.69 Å². The normalized spacial score (nSPS) is 10.8. The van der Waals surface area contributed by atoms with Crippen LogP contribution >= 0.6 is 38.5 Å². The van der Waals surface area contributed by atoms with Gasteiger partial charge >= 0.3 is 0 Å². The number of ether oxygens (including phenoxy) is 1. The summed E-state index contributed by atoms with van der Waals surface area (Å²) in [4.78, 5) is 12.3. The van der Waals surface area contributed by atoms with Crippen LogP contribution in [0, 0.1) is 14.9 Å². The maximum Gasteiger partial charge on any atom is 0.266 e. The molecule has 0 aliphatic rings. The van der Waals surface area contributed by atoms with Crippen LogP contribution in [-0.2, 0) is 4.79 Å². The van der Waals surface area contributed by atoms with Crippen molar-refractivity contribution in [3.8, 4) is 11.8 Å². The minimum atomic E-state index is -0.462. The Labute approximate surface area is 156 Å². The summed E-state index contributed by atoms with van der Waals surface area (Å²) in [6, 6.07) is 14.6. The standard InChI is InChI=1S/C17H12BrIN2O2/c1-23-16-7-2-13(18)9-11(16)8-12(10-20)17(22)21-15-5-3-14(19)4-6-15/h2-9H,1H3,(H,21,22)/b12-8-. The molecule has 2 aromatic carbocycles. The van der Waals surface area contributed by atoms with Crippen molar-refractivity contribution in [3.05, 3.63) is 61.6 Å². The molecule has 0 aliphatic heterocycles. The van der Waals surface area contributed by atoms with Crippen LogP contribution in [0.2, 0.25) is 0 Å². The van der Waals surface area contributed by atoms with Gasteiger partial charge in [-0.15, -0.1) is 0 Å². The number of rotatable bonds is 4. The number of benzene rings is 2. The molecule has 0 atom stereocenters. The average Bonchev–Trinajstić information content (AvgIpc) is 2.54. The highest BCUT2D eigenvalue weighted by molar-refractivity contribution is 14.1. The minimum absolute atomic E-state index is 0.0000463. The van der Waals surface area contributed by atoms with Crippen molar-refractivity contribution in [2.75, 3.05) is 12.4 Å². The number of halogens is 2. The van der Waals surface area contributed by atoms with Crippen LogP contribution in [0.25, 0.3) is 6.08 Å². The molecule has 2 aromatic rings. The van der Waals surface area contributed by atoms with E-state index in [9.17, 15) is 10.1 Å². The summed E-state index contributed by atoms with van der Waals surface area (Å²) in [5, 5.41) is 12.0. The van der Waals surface area contributed by atoms with E-state index in [2.05, 4.69) is 43.8 Å². The zero-order valence-corrected chi connectivity index (χ0v) is 15.9. The number of nitriles is 1.